The molecule has 4 nitrogen and oxygen atoms in total. The Labute approximate surface area is 40.1 Å². The minimum Gasteiger partial charge on any atom is -0.387 e. The van der Waals surface area contributed by atoms with Crippen LogP contribution in [0, 0.1) is 0 Å². The molecule has 0 fully saturated rings. The second-order valence-electron chi connectivity index (χ2n) is 0.808. The van der Waals surface area contributed by atoms with Gasteiger partial charge in [-0.05, 0) is 0 Å². The van der Waals surface area contributed by atoms with E-state index >= 15 is 0 Å². The van der Waals surface area contributed by atoms with Crippen LogP contribution >= 0.6 is 0 Å². The summed E-state index contributed by atoms with van der Waals surface area (Å²) in [6.45, 7) is -0.671. The first-order valence-corrected chi connectivity index (χ1v) is 1.58. The topological polar surface area (TPSA) is 66.4 Å². The van der Waals surface area contributed by atoms with E-state index in [-0.39, 0.29) is 0 Å². The van der Waals surface area contributed by atoms with Gasteiger partial charge in [-0.2, -0.15) is 0 Å². The molecule has 2 amide bonds. The number of hydrogen-bond donors (Lipinski definition) is 2. The van der Waals surface area contributed by atoms with Crippen molar-refractivity contribution >= 4 is 12.3 Å². The summed E-state index contributed by atoms with van der Waals surface area (Å²) in [4.78, 5) is 19.0. The number of carbonyl (C=O) groups excluding carboxylic acids is 2. The lowest BCUT2D eigenvalue weighted by molar-refractivity contribution is -0.122. The maximum Gasteiger partial charge on any atom is 0.316 e. The van der Waals surface area contributed by atoms with Crippen molar-refractivity contribution in [2.45, 2.75) is 0 Å². The van der Waals surface area contributed by atoms with E-state index in [1.165, 1.54) is 0 Å². The predicted octanol–water partition coefficient (Wildman–Crippen LogP) is -1.84. The molecule has 0 bridgehead atoms. The van der Waals surface area contributed by atoms with E-state index in [9.17, 15) is 9.59 Å². The lowest BCUT2D eigenvalue weighted by Crippen LogP contribution is -2.23. The Balaban J connectivity index is 3.17. The monoisotopic (exact) mass is 102 g/mol. The summed E-state index contributed by atoms with van der Waals surface area (Å²) < 4.78 is 0. The van der Waals surface area contributed by atoms with Gasteiger partial charge in [-0.1, -0.05) is 0 Å². The van der Waals surface area contributed by atoms with E-state index in [0.29, 0.717) is 0 Å². The number of rotatable bonds is 2. The number of aliphatic hydroxyl groups excluding tert-OH is 1. The van der Waals surface area contributed by atoms with Crippen LogP contribution in [-0.4, -0.2) is 24.0 Å². The van der Waals surface area contributed by atoms with Crippen molar-refractivity contribution in [3.8, 4) is 0 Å². The van der Waals surface area contributed by atoms with Crippen LogP contribution in [0.2, 0.25) is 0 Å². The fraction of sp³-hybridized carbons (Fsp3) is 0.333. The Morgan fingerprint density at radius 3 is 2.57 bits per heavy atom. The summed E-state index contributed by atoms with van der Waals surface area (Å²) in [6.07, 6.45) is 1.11. The Kier molecular flexibility index (Phi) is 2.87. The molecule has 0 atom stereocenters. The highest BCUT2D eigenvalue weighted by molar-refractivity contribution is 5.86. The zero-order chi connectivity index (χ0) is 5.70. The summed E-state index contributed by atoms with van der Waals surface area (Å²) in [7, 11) is 0. The number of hydrogen-bond acceptors (Lipinski definition) is 3. The maximum atomic E-state index is 9.79. The molecule has 2 N–H and O–H groups in total. The number of amides is 2. The molecule has 0 rings (SSSR count). The van der Waals surface area contributed by atoms with E-state index < -0.39 is 12.5 Å². The molecule has 0 saturated heterocycles. The van der Waals surface area contributed by atoms with Gasteiger partial charge in [-0.25, -0.2) is 0 Å². The fourth-order valence-corrected chi connectivity index (χ4v) is 0.0964. The summed E-state index contributed by atoms with van der Waals surface area (Å²) >= 11 is 0. The summed E-state index contributed by atoms with van der Waals surface area (Å²) in [5.74, 6) is -0.741. The molecule has 0 aliphatic heterocycles. The van der Waals surface area contributed by atoms with Crippen LogP contribution in [0.1, 0.15) is 0 Å². The average Bonchev–Trinajstić information content (AvgIpc) is 1.68. The fourth-order valence-electron chi connectivity index (χ4n) is 0.0964. The molecule has 0 heterocycles. The second-order valence-corrected chi connectivity index (χ2v) is 0.808. The van der Waals surface area contributed by atoms with Crippen molar-refractivity contribution < 1.29 is 14.7 Å². The van der Waals surface area contributed by atoms with Gasteiger partial charge in [0.2, 0.25) is 0 Å². The van der Waals surface area contributed by atoms with Gasteiger partial charge in [0.05, 0.1) is 0 Å². The van der Waals surface area contributed by atoms with Crippen molar-refractivity contribution in [3.63, 3.8) is 0 Å². The van der Waals surface area contributed by atoms with Crippen LogP contribution < -0.4 is 5.32 Å². The third kappa shape index (κ3) is 2.92. The Hall–Kier alpha value is -0.900. The Bertz CT molecular complexity index is 80.2. The molecule has 1 radical (unpaired) electrons. The van der Waals surface area contributed by atoms with Gasteiger partial charge in [0.1, 0.15) is 6.61 Å². The first-order valence-electron chi connectivity index (χ1n) is 1.58. The lowest BCUT2D eigenvalue weighted by atomic mass is 10.7. The van der Waals surface area contributed by atoms with Gasteiger partial charge in [0.15, 0.2) is 0 Å². The van der Waals surface area contributed by atoms with Gasteiger partial charge in [0, 0.05) is 0 Å². The molecule has 0 aromatic heterocycles. The number of imide groups is 1. The molecule has 0 aromatic rings. The first-order chi connectivity index (χ1) is 3.31. The first kappa shape index (κ1) is 6.10. The third-order valence-corrected chi connectivity index (χ3v) is 0.334. The van der Waals surface area contributed by atoms with Gasteiger partial charge >= 0.3 is 6.41 Å². The van der Waals surface area contributed by atoms with Crippen molar-refractivity contribution in [2.24, 2.45) is 0 Å². The molecule has 39 valence electrons. The molecule has 0 unspecified atom stereocenters. The molecule has 7 heavy (non-hydrogen) atoms. The number of carbonyl (C=O) groups is 1. The Morgan fingerprint density at radius 1 is 1.86 bits per heavy atom. The summed E-state index contributed by atoms with van der Waals surface area (Å²) in [5.41, 5.74) is 0. The molecule has 0 aliphatic rings. The highest BCUT2D eigenvalue weighted by Gasteiger charge is 1.91. The highest BCUT2D eigenvalue weighted by atomic mass is 16.3. The molecule has 4 heteroatoms. The zero-order valence-electron chi connectivity index (χ0n) is 3.47. The SMILES string of the molecule is O=[C]NC(=O)CO. The number of aliphatic hydroxyl groups is 1. The minimum atomic E-state index is -0.741. The second kappa shape index (κ2) is 3.30. The maximum absolute atomic E-state index is 9.79. The van der Waals surface area contributed by atoms with Crippen LogP contribution in [0.25, 0.3) is 0 Å². The van der Waals surface area contributed by atoms with Crippen molar-refractivity contribution in [1.82, 2.24) is 5.32 Å². The average molecular weight is 102 g/mol. The van der Waals surface area contributed by atoms with Crippen LogP contribution in [0.3, 0.4) is 0 Å². The smallest absolute Gasteiger partial charge is 0.316 e. The van der Waals surface area contributed by atoms with E-state index in [2.05, 4.69) is 0 Å². The van der Waals surface area contributed by atoms with Crippen molar-refractivity contribution in [1.29, 1.82) is 0 Å². The zero-order valence-corrected chi connectivity index (χ0v) is 3.47. The van der Waals surface area contributed by atoms with Gasteiger partial charge in [-0.15, -0.1) is 0 Å². The normalized spacial score (nSPS) is 7.57. The van der Waals surface area contributed by atoms with E-state index in [1.807, 2.05) is 0 Å². The third-order valence-electron chi connectivity index (χ3n) is 0.334. The van der Waals surface area contributed by atoms with Gasteiger partial charge in [0.25, 0.3) is 5.91 Å². The summed E-state index contributed by atoms with van der Waals surface area (Å²) in [5, 5.41) is 9.48. The van der Waals surface area contributed by atoms with Crippen LogP contribution in [0.5, 0.6) is 0 Å². The number of nitrogens with one attached hydrogen (secondary N) is 1. The van der Waals surface area contributed by atoms with Crippen LogP contribution in [-0.2, 0) is 9.59 Å². The standard InChI is InChI=1S/C3H4NO3/c5-1-3(7)4-2-6/h5H,1H2,(H,4,6,7). The van der Waals surface area contributed by atoms with E-state index in [4.69, 9.17) is 5.11 Å². The lowest BCUT2D eigenvalue weighted by Gasteiger charge is -1.84. The van der Waals surface area contributed by atoms with Crippen LogP contribution in [0.4, 0.5) is 0 Å². The minimum absolute atomic E-state index is 0.671. The molecule has 0 saturated carbocycles. The van der Waals surface area contributed by atoms with Crippen LogP contribution in [0.15, 0.2) is 0 Å². The highest BCUT2D eigenvalue weighted by Crippen LogP contribution is 1.52. The Morgan fingerprint density at radius 2 is 2.43 bits per heavy atom. The van der Waals surface area contributed by atoms with E-state index in [0.717, 1.165) is 6.41 Å². The van der Waals surface area contributed by atoms with Gasteiger partial charge < -0.3 is 5.11 Å². The quantitative estimate of drug-likeness (QED) is 0.403. The van der Waals surface area contributed by atoms with E-state index in [1.54, 1.807) is 5.32 Å². The summed E-state index contributed by atoms with van der Waals surface area (Å²) in [6, 6.07) is 0. The largest absolute Gasteiger partial charge is 0.387 e. The molecular formula is C3H4NO3. The van der Waals surface area contributed by atoms with Crippen molar-refractivity contribution in [3.05, 3.63) is 0 Å². The molecule has 0 aliphatic carbocycles. The van der Waals surface area contributed by atoms with Crippen molar-refractivity contribution in [2.75, 3.05) is 6.61 Å². The molecular weight excluding hydrogens is 98.0 g/mol. The predicted molar refractivity (Wildman–Crippen MR) is 20.9 cm³/mol. The molecule has 0 spiro atoms. The van der Waals surface area contributed by atoms with Gasteiger partial charge in [-0.3, -0.25) is 14.9 Å². The molecule has 0 aromatic carbocycles.